The standard InChI is InChI=1S/C11H16N2O5S3/c1-20(14,15)5-6-21(16,17)13-9-3-2-4-10(7-9)18-8-11(12)19/h2-4,7,13H,5-6,8H2,1H3,(H2,12,19). The average molecular weight is 352 g/mol. The molecule has 1 aromatic rings. The predicted octanol–water partition coefficient (Wildman–Crippen LogP) is 0.138. The van der Waals surface area contributed by atoms with Crippen LogP contribution in [0.15, 0.2) is 24.3 Å². The van der Waals surface area contributed by atoms with Crippen molar-refractivity contribution in [1.29, 1.82) is 0 Å². The zero-order chi connectivity index (χ0) is 16.1. The van der Waals surface area contributed by atoms with Crippen LogP contribution in [-0.4, -0.2) is 46.2 Å². The maximum atomic E-state index is 11.8. The van der Waals surface area contributed by atoms with Crippen molar-refractivity contribution in [2.75, 3.05) is 29.1 Å². The lowest BCUT2D eigenvalue weighted by Gasteiger charge is -2.10. The van der Waals surface area contributed by atoms with Gasteiger partial charge in [-0.1, -0.05) is 18.3 Å². The summed E-state index contributed by atoms with van der Waals surface area (Å²) in [5, 5.41) is 0. The molecule has 0 atom stereocenters. The predicted molar refractivity (Wildman–Crippen MR) is 85.8 cm³/mol. The van der Waals surface area contributed by atoms with Crippen LogP contribution in [-0.2, 0) is 19.9 Å². The first-order chi connectivity index (χ1) is 9.57. The van der Waals surface area contributed by atoms with Crippen molar-refractivity contribution in [3.63, 3.8) is 0 Å². The van der Waals surface area contributed by atoms with Gasteiger partial charge in [0.2, 0.25) is 10.0 Å². The van der Waals surface area contributed by atoms with Crippen LogP contribution in [0.1, 0.15) is 0 Å². The molecular formula is C11H16N2O5S3. The molecule has 7 nitrogen and oxygen atoms in total. The van der Waals surface area contributed by atoms with Crippen LogP contribution in [0.25, 0.3) is 0 Å². The fourth-order valence-electron chi connectivity index (χ4n) is 1.30. The van der Waals surface area contributed by atoms with Gasteiger partial charge in [0.1, 0.15) is 27.2 Å². The van der Waals surface area contributed by atoms with Crippen molar-refractivity contribution in [3.8, 4) is 5.75 Å². The molecule has 0 heterocycles. The largest absolute Gasteiger partial charge is 0.486 e. The number of sulfonamides is 1. The molecule has 0 unspecified atom stereocenters. The summed E-state index contributed by atoms with van der Waals surface area (Å²) in [6.45, 7) is 0.0413. The van der Waals surface area contributed by atoms with Crippen molar-refractivity contribution in [2.45, 2.75) is 0 Å². The van der Waals surface area contributed by atoms with E-state index < -0.39 is 31.4 Å². The SMILES string of the molecule is CS(=O)(=O)CCS(=O)(=O)Nc1cccc(OCC(N)=S)c1. The molecule has 0 bridgehead atoms. The van der Waals surface area contributed by atoms with Gasteiger partial charge in [0.15, 0.2) is 0 Å². The number of hydrogen-bond donors (Lipinski definition) is 2. The number of ether oxygens (including phenoxy) is 1. The first-order valence-electron chi connectivity index (χ1n) is 5.77. The molecule has 10 heteroatoms. The highest BCUT2D eigenvalue weighted by Gasteiger charge is 2.14. The lowest BCUT2D eigenvalue weighted by molar-refractivity contribution is 0.378. The first kappa shape index (κ1) is 17.7. The Morgan fingerprint density at radius 1 is 1.29 bits per heavy atom. The number of nitrogens with two attached hydrogens (primary N) is 1. The number of sulfone groups is 1. The quantitative estimate of drug-likeness (QED) is 0.639. The van der Waals surface area contributed by atoms with Gasteiger partial charge in [-0.25, -0.2) is 16.8 Å². The third-order valence-electron chi connectivity index (χ3n) is 2.21. The maximum Gasteiger partial charge on any atom is 0.233 e. The molecule has 0 saturated heterocycles. The zero-order valence-electron chi connectivity index (χ0n) is 11.3. The molecule has 0 aliphatic heterocycles. The van der Waals surface area contributed by atoms with E-state index in [1.165, 1.54) is 12.1 Å². The second-order valence-electron chi connectivity index (χ2n) is 4.33. The van der Waals surface area contributed by atoms with Gasteiger partial charge in [-0.3, -0.25) is 4.72 Å². The van der Waals surface area contributed by atoms with E-state index in [0.717, 1.165) is 6.26 Å². The van der Waals surface area contributed by atoms with Gasteiger partial charge in [0, 0.05) is 12.3 Å². The summed E-state index contributed by atoms with van der Waals surface area (Å²) < 4.78 is 53.1. The van der Waals surface area contributed by atoms with Gasteiger partial charge in [0.25, 0.3) is 0 Å². The molecule has 1 aromatic carbocycles. The Hall–Kier alpha value is -1.39. The zero-order valence-corrected chi connectivity index (χ0v) is 13.7. The third-order valence-corrected chi connectivity index (χ3v) is 4.82. The van der Waals surface area contributed by atoms with E-state index >= 15 is 0 Å². The number of rotatable bonds is 8. The van der Waals surface area contributed by atoms with Gasteiger partial charge in [-0.15, -0.1) is 0 Å². The first-order valence-corrected chi connectivity index (χ1v) is 9.89. The van der Waals surface area contributed by atoms with E-state index in [0.29, 0.717) is 5.75 Å². The molecule has 0 fully saturated rings. The van der Waals surface area contributed by atoms with E-state index in [9.17, 15) is 16.8 Å². The monoisotopic (exact) mass is 352 g/mol. The number of thiocarbonyl (C=S) groups is 1. The molecule has 0 radical (unpaired) electrons. The highest BCUT2D eigenvalue weighted by atomic mass is 32.2. The van der Waals surface area contributed by atoms with E-state index in [1.54, 1.807) is 12.1 Å². The molecule has 118 valence electrons. The molecule has 0 aromatic heterocycles. The van der Waals surface area contributed by atoms with Crippen molar-refractivity contribution in [3.05, 3.63) is 24.3 Å². The van der Waals surface area contributed by atoms with Crippen molar-refractivity contribution < 1.29 is 21.6 Å². The Bertz CT molecular complexity index is 713. The van der Waals surface area contributed by atoms with Gasteiger partial charge in [-0.05, 0) is 12.1 Å². The fourth-order valence-corrected chi connectivity index (χ4v) is 4.03. The lowest BCUT2D eigenvalue weighted by Crippen LogP contribution is -2.22. The molecule has 0 aliphatic rings. The summed E-state index contributed by atoms with van der Waals surface area (Å²) in [6.07, 6.45) is 0.979. The Kier molecular flexibility index (Phi) is 5.93. The summed E-state index contributed by atoms with van der Waals surface area (Å²) in [5.74, 6) is -0.560. The Balaban J connectivity index is 2.73. The molecular weight excluding hydrogens is 336 g/mol. The minimum atomic E-state index is -3.75. The maximum absolute atomic E-state index is 11.8. The number of benzene rings is 1. The van der Waals surface area contributed by atoms with Crippen molar-refractivity contribution in [1.82, 2.24) is 0 Å². The van der Waals surface area contributed by atoms with E-state index in [2.05, 4.69) is 16.9 Å². The smallest absolute Gasteiger partial charge is 0.233 e. The molecule has 0 amide bonds. The van der Waals surface area contributed by atoms with Crippen molar-refractivity contribution in [2.24, 2.45) is 5.73 Å². The van der Waals surface area contributed by atoms with Crippen LogP contribution in [0.4, 0.5) is 5.69 Å². The Morgan fingerprint density at radius 3 is 2.52 bits per heavy atom. The van der Waals surface area contributed by atoms with E-state index in [-0.39, 0.29) is 17.3 Å². The van der Waals surface area contributed by atoms with Gasteiger partial charge in [0.05, 0.1) is 17.2 Å². The third kappa shape index (κ3) is 7.83. The van der Waals surface area contributed by atoms with Gasteiger partial charge >= 0.3 is 0 Å². The molecule has 21 heavy (non-hydrogen) atoms. The van der Waals surface area contributed by atoms with Crippen LogP contribution in [0.2, 0.25) is 0 Å². The van der Waals surface area contributed by atoms with Crippen LogP contribution < -0.4 is 15.2 Å². The average Bonchev–Trinajstić information content (AvgIpc) is 2.33. The second kappa shape index (κ2) is 7.05. The molecule has 0 aliphatic carbocycles. The van der Waals surface area contributed by atoms with Gasteiger partial charge in [-0.2, -0.15) is 0 Å². The number of nitrogens with one attached hydrogen (secondary N) is 1. The van der Waals surface area contributed by atoms with Crippen LogP contribution in [0, 0.1) is 0 Å². The minimum Gasteiger partial charge on any atom is -0.486 e. The highest BCUT2D eigenvalue weighted by Crippen LogP contribution is 2.18. The van der Waals surface area contributed by atoms with Crippen LogP contribution >= 0.6 is 12.2 Å². The summed E-state index contributed by atoms with van der Waals surface area (Å²) >= 11 is 4.67. The molecule has 1 rings (SSSR count). The molecule has 3 N–H and O–H groups in total. The number of hydrogen-bond acceptors (Lipinski definition) is 6. The summed E-state index contributed by atoms with van der Waals surface area (Å²) in [7, 11) is -7.10. The van der Waals surface area contributed by atoms with Crippen LogP contribution in [0.3, 0.4) is 0 Å². The highest BCUT2D eigenvalue weighted by molar-refractivity contribution is 7.95. The van der Waals surface area contributed by atoms with Crippen LogP contribution in [0.5, 0.6) is 5.75 Å². The van der Waals surface area contributed by atoms with E-state index in [1.807, 2.05) is 0 Å². The summed E-state index contributed by atoms with van der Waals surface area (Å²) in [6, 6.07) is 6.18. The minimum absolute atomic E-state index is 0.0413. The Labute approximate surface area is 129 Å². The Morgan fingerprint density at radius 2 is 1.95 bits per heavy atom. The van der Waals surface area contributed by atoms with Gasteiger partial charge < -0.3 is 10.5 Å². The summed E-state index contributed by atoms with van der Waals surface area (Å²) in [4.78, 5) is 0.175. The normalized spacial score (nSPS) is 11.9. The summed E-state index contributed by atoms with van der Waals surface area (Å²) in [5.41, 5.74) is 5.57. The second-order valence-corrected chi connectivity index (χ2v) is 8.96. The number of anilines is 1. The fraction of sp³-hybridized carbons (Fsp3) is 0.364. The lowest BCUT2D eigenvalue weighted by atomic mass is 10.3. The topological polar surface area (TPSA) is 116 Å². The van der Waals surface area contributed by atoms with E-state index in [4.69, 9.17) is 10.5 Å². The molecule has 0 saturated carbocycles. The van der Waals surface area contributed by atoms with Crippen molar-refractivity contribution >= 4 is 42.8 Å². The molecule has 0 spiro atoms.